The van der Waals surface area contributed by atoms with Crippen molar-refractivity contribution < 1.29 is 9.53 Å². The summed E-state index contributed by atoms with van der Waals surface area (Å²) in [5.74, 6) is 1.49. The van der Waals surface area contributed by atoms with Gasteiger partial charge in [0.15, 0.2) is 10.6 Å². The van der Waals surface area contributed by atoms with Crippen LogP contribution in [0.3, 0.4) is 0 Å². The minimum Gasteiger partial charge on any atom is -0.494 e. The van der Waals surface area contributed by atoms with Gasteiger partial charge in [-0.15, -0.1) is 0 Å². The molecule has 1 aromatic heterocycles. The maximum atomic E-state index is 12.5. The lowest BCUT2D eigenvalue weighted by molar-refractivity contribution is -0.121. The van der Waals surface area contributed by atoms with Crippen molar-refractivity contribution in [1.82, 2.24) is 25.0 Å². The fraction of sp³-hybridized carbons (Fsp3) is 0.400. The molecule has 0 bridgehead atoms. The molecule has 2 aromatic carbocycles. The molecule has 3 aromatic rings. The highest BCUT2D eigenvalue weighted by Crippen LogP contribution is 2.21. The molecule has 0 spiro atoms. The summed E-state index contributed by atoms with van der Waals surface area (Å²) in [6.07, 6.45) is 0.317. The minimum atomic E-state index is -0.0250. The zero-order chi connectivity index (χ0) is 23.6. The number of benzene rings is 2. The average molecular weight is 468 g/mol. The molecular weight excluding hydrogens is 434 g/mol. The zero-order valence-corrected chi connectivity index (χ0v) is 20.5. The van der Waals surface area contributed by atoms with Crippen molar-refractivity contribution in [3.8, 4) is 17.1 Å². The summed E-state index contributed by atoms with van der Waals surface area (Å²) in [5, 5.41) is 10.2. The molecule has 7 nitrogen and oxygen atoms in total. The maximum absolute atomic E-state index is 12.5. The van der Waals surface area contributed by atoms with E-state index in [1.165, 1.54) is 5.56 Å². The van der Waals surface area contributed by atoms with Gasteiger partial charge in [-0.2, -0.15) is 5.10 Å². The molecule has 33 heavy (non-hydrogen) atoms. The molecule has 0 radical (unpaired) electrons. The van der Waals surface area contributed by atoms with Gasteiger partial charge in [0.25, 0.3) is 0 Å². The highest BCUT2D eigenvalue weighted by molar-refractivity contribution is 7.71. The number of nitrogens with one attached hydrogen (secondary N) is 2. The van der Waals surface area contributed by atoms with E-state index in [4.69, 9.17) is 17.0 Å². The summed E-state index contributed by atoms with van der Waals surface area (Å²) in [4.78, 5) is 14.8. The van der Waals surface area contributed by atoms with Gasteiger partial charge in [0.05, 0.1) is 6.61 Å². The summed E-state index contributed by atoms with van der Waals surface area (Å²) >= 11 is 5.38. The van der Waals surface area contributed by atoms with Gasteiger partial charge in [0, 0.05) is 31.6 Å². The molecule has 0 aliphatic rings. The minimum absolute atomic E-state index is 0.0250. The van der Waals surface area contributed by atoms with Crippen LogP contribution in [0.4, 0.5) is 0 Å². The van der Waals surface area contributed by atoms with Gasteiger partial charge in [-0.25, -0.2) is 0 Å². The Morgan fingerprint density at radius 3 is 2.36 bits per heavy atom. The average Bonchev–Trinajstić information content (AvgIpc) is 3.21. The molecule has 0 saturated heterocycles. The maximum Gasteiger partial charge on any atom is 0.222 e. The van der Waals surface area contributed by atoms with E-state index in [1.54, 1.807) is 0 Å². The Hall–Kier alpha value is -2.97. The van der Waals surface area contributed by atoms with Gasteiger partial charge in [0.1, 0.15) is 5.75 Å². The number of ether oxygens (including phenoxy) is 1. The van der Waals surface area contributed by atoms with E-state index in [-0.39, 0.29) is 5.91 Å². The molecule has 0 saturated carbocycles. The number of nitrogens with zero attached hydrogens (tertiary/aromatic N) is 3. The molecule has 0 unspecified atom stereocenters. The first-order valence-electron chi connectivity index (χ1n) is 11.5. The Morgan fingerprint density at radius 2 is 1.73 bits per heavy atom. The van der Waals surface area contributed by atoms with Gasteiger partial charge in [-0.3, -0.25) is 19.4 Å². The molecule has 0 aliphatic heterocycles. The number of H-pyrrole nitrogens is 1. The second-order valence-corrected chi connectivity index (χ2v) is 8.15. The first-order valence-corrected chi connectivity index (χ1v) is 11.9. The van der Waals surface area contributed by atoms with Crippen LogP contribution in [0, 0.1) is 4.77 Å². The van der Waals surface area contributed by atoms with Crippen molar-refractivity contribution in [2.45, 2.75) is 46.8 Å². The van der Waals surface area contributed by atoms with Crippen molar-refractivity contribution >= 4 is 18.1 Å². The monoisotopic (exact) mass is 467 g/mol. The van der Waals surface area contributed by atoms with Crippen molar-refractivity contribution in [2.75, 3.05) is 19.7 Å². The molecule has 3 rings (SSSR count). The van der Waals surface area contributed by atoms with Crippen LogP contribution < -0.4 is 10.1 Å². The van der Waals surface area contributed by atoms with Gasteiger partial charge < -0.3 is 10.1 Å². The van der Waals surface area contributed by atoms with Crippen molar-refractivity contribution in [3.63, 3.8) is 0 Å². The predicted molar refractivity (Wildman–Crippen MR) is 134 cm³/mol. The molecule has 0 atom stereocenters. The van der Waals surface area contributed by atoms with E-state index in [9.17, 15) is 4.79 Å². The van der Waals surface area contributed by atoms with E-state index < -0.39 is 0 Å². The Labute approximate surface area is 200 Å². The Morgan fingerprint density at radius 1 is 1.06 bits per heavy atom. The van der Waals surface area contributed by atoms with Crippen LogP contribution >= 0.6 is 12.2 Å². The first kappa shape index (κ1) is 24.7. The van der Waals surface area contributed by atoms with Crippen molar-refractivity contribution in [2.24, 2.45) is 0 Å². The van der Waals surface area contributed by atoms with E-state index in [0.717, 1.165) is 36.5 Å². The molecule has 0 fully saturated rings. The third kappa shape index (κ3) is 7.00. The fourth-order valence-corrected chi connectivity index (χ4v) is 3.81. The second kappa shape index (κ2) is 12.3. The zero-order valence-electron chi connectivity index (χ0n) is 19.6. The van der Waals surface area contributed by atoms with E-state index >= 15 is 0 Å². The summed E-state index contributed by atoms with van der Waals surface area (Å²) in [6.45, 7) is 10.9. The number of rotatable bonds is 12. The fourth-order valence-electron chi connectivity index (χ4n) is 3.58. The van der Waals surface area contributed by atoms with Gasteiger partial charge in [-0.1, -0.05) is 38.1 Å². The normalized spacial score (nSPS) is 11.0. The quantitative estimate of drug-likeness (QED) is 0.382. The predicted octanol–water partition coefficient (Wildman–Crippen LogP) is 4.55. The highest BCUT2D eigenvalue weighted by Gasteiger charge is 2.11. The van der Waals surface area contributed by atoms with Crippen LogP contribution in [0.15, 0.2) is 48.5 Å². The molecule has 1 heterocycles. The largest absolute Gasteiger partial charge is 0.494 e. The number of carbonyl (C=O) groups is 1. The van der Waals surface area contributed by atoms with Crippen LogP contribution in [0.25, 0.3) is 11.4 Å². The SMILES string of the molecule is CCOc1ccc(-c2n[nH]c(=S)n2CCC(=O)NCc2ccc(CN(CC)CC)cc2)cc1. The smallest absolute Gasteiger partial charge is 0.222 e. The molecule has 176 valence electrons. The van der Waals surface area contributed by atoms with Crippen molar-refractivity contribution in [3.05, 3.63) is 64.4 Å². The topological polar surface area (TPSA) is 75.2 Å². The van der Waals surface area contributed by atoms with Crippen LogP contribution in [0.5, 0.6) is 5.75 Å². The van der Waals surface area contributed by atoms with Gasteiger partial charge in [0.2, 0.25) is 5.91 Å². The third-order valence-electron chi connectivity index (χ3n) is 5.56. The second-order valence-electron chi connectivity index (χ2n) is 7.77. The van der Waals surface area contributed by atoms with E-state index in [1.807, 2.05) is 35.8 Å². The lowest BCUT2D eigenvalue weighted by Gasteiger charge is -2.18. The summed E-state index contributed by atoms with van der Waals surface area (Å²) in [6, 6.07) is 16.1. The number of amides is 1. The molecule has 8 heteroatoms. The summed E-state index contributed by atoms with van der Waals surface area (Å²) in [5.41, 5.74) is 3.28. The van der Waals surface area contributed by atoms with E-state index in [2.05, 4.69) is 58.5 Å². The first-order chi connectivity index (χ1) is 16.0. The number of aromatic nitrogens is 3. The number of hydrogen-bond donors (Lipinski definition) is 2. The number of carbonyl (C=O) groups excluding carboxylic acids is 1. The Bertz CT molecular complexity index is 1070. The molecular formula is C25H33N5O2S. The summed E-state index contributed by atoms with van der Waals surface area (Å²) in [7, 11) is 0. The Balaban J connectivity index is 1.53. The molecule has 0 aliphatic carbocycles. The van der Waals surface area contributed by atoms with Gasteiger partial charge in [-0.05, 0) is 67.6 Å². The van der Waals surface area contributed by atoms with E-state index in [0.29, 0.717) is 36.7 Å². The van der Waals surface area contributed by atoms with Crippen LogP contribution in [-0.2, 0) is 24.4 Å². The standard InChI is InChI=1S/C25H33N5O2S/c1-4-29(5-2)18-20-9-7-19(8-10-20)17-26-23(31)15-16-30-24(27-28-25(30)33)21-11-13-22(14-12-21)32-6-3/h7-14H,4-6,15-18H2,1-3H3,(H,26,31)(H,28,33). The molecule has 1 amide bonds. The lowest BCUT2D eigenvalue weighted by Crippen LogP contribution is -2.24. The van der Waals surface area contributed by atoms with Crippen LogP contribution in [-0.4, -0.2) is 45.3 Å². The third-order valence-corrected chi connectivity index (χ3v) is 5.87. The van der Waals surface area contributed by atoms with Gasteiger partial charge >= 0.3 is 0 Å². The highest BCUT2D eigenvalue weighted by atomic mass is 32.1. The van der Waals surface area contributed by atoms with Crippen LogP contribution in [0.2, 0.25) is 0 Å². The van der Waals surface area contributed by atoms with Crippen LogP contribution in [0.1, 0.15) is 38.3 Å². The lowest BCUT2D eigenvalue weighted by atomic mass is 10.1. The van der Waals surface area contributed by atoms with Crippen molar-refractivity contribution in [1.29, 1.82) is 0 Å². The molecule has 2 N–H and O–H groups in total. The summed E-state index contributed by atoms with van der Waals surface area (Å²) < 4.78 is 7.85. The Kier molecular flexibility index (Phi) is 9.21. The number of hydrogen-bond acceptors (Lipinski definition) is 5. The number of aromatic amines is 1.